The fraction of sp³-hybridized carbons (Fsp3) is 0.385. The molecule has 1 heteroatoms. The Hall–Kier alpha value is -1.24. The Labute approximate surface area is 86.4 Å². The average molecular weight is 190 g/mol. The molecule has 0 spiro atoms. The molecule has 0 fully saturated rings. The first-order valence-corrected chi connectivity index (χ1v) is 4.95. The van der Waals surface area contributed by atoms with E-state index in [0.717, 1.165) is 5.75 Å². The topological polar surface area (TPSA) is 9.23 Å². The van der Waals surface area contributed by atoms with Gasteiger partial charge in [-0.1, -0.05) is 32.1 Å². The molecule has 0 aliphatic carbocycles. The zero-order chi connectivity index (χ0) is 10.6. The Balaban J connectivity index is 2.89. The second-order valence-corrected chi connectivity index (χ2v) is 3.78. The first-order valence-electron chi connectivity index (χ1n) is 4.95. The summed E-state index contributed by atoms with van der Waals surface area (Å²) >= 11 is 0. The van der Waals surface area contributed by atoms with E-state index in [1.54, 1.807) is 7.11 Å². The minimum Gasteiger partial charge on any atom is -0.497 e. The Morgan fingerprint density at radius 1 is 1.21 bits per heavy atom. The van der Waals surface area contributed by atoms with Crippen LogP contribution in [-0.2, 0) is 0 Å². The summed E-state index contributed by atoms with van der Waals surface area (Å²) in [4.78, 5) is 0. The highest BCUT2D eigenvalue weighted by Crippen LogP contribution is 2.26. The summed E-state index contributed by atoms with van der Waals surface area (Å²) < 4.78 is 5.12. The highest BCUT2D eigenvalue weighted by atomic mass is 16.5. The van der Waals surface area contributed by atoms with Gasteiger partial charge in [0.15, 0.2) is 0 Å². The second-order valence-electron chi connectivity index (χ2n) is 3.78. The number of hydrogen-bond acceptors (Lipinski definition) is 1. The van der Waals surface area contributed by atoms with E-state index in [0.29, 0.717) is 11.8 Å². The summed E-state index contributed by atoms with van der Waals surface area (Å²) in [7, 11) is 1.68. The van der Waals surface area contributed by atoms with Crippen LogP contribution in [0.15, 0.2) is 36.9 Å². The van der Waals surface area contributed by atoms with Crippen LogP contribution in [0.5, 0.6) is 5.75 Å². The van der Waals surface area contributed by atoms with E-state index < -0.39 is 0 Å². The number of hydrogen-bond donors (Lipinski definition) is 0. The molecule has 0 saturated heterocycles. The van der Waals surface area contributed by atoms with Crippen LogP contribution in [0.25, 0.3) is 0 Å². The van der Waals surface area contributed by atoms with Crippen molar-refractivity contribution in [3.05, 3.63) is 42.5 Å². The molecule has 0 N–H and O–H groups in total. The summed E-state index contributed by atoms with van der Waals surface area (Å²) in [6.45, 7) is 8.28. The predicted molar refractivity (Wildman–Crippen MR) is 60.8 cm³/mol. The maximum absolute atomic E-state index is 5.12. The molecule has 14 heavy (non-hydrogen) atoms. The normalized spacial score (nSPS) is 12.6. The lowest BCUT2D eigenvalue weighted by molar-refractivity contribution is 0.414. The van der Waals surface area contributed by atoms with Gasteiger partial charge in [-0.25, -0.2) is 0 Å². The van der Waals surface area contributed by atoms with Crippen molar-refractivity contribution in [1.29, 1.82) is 0 Å². The van der Waals surface area contributed by atoms with Gasteiger partial charge in [0.05, 0.1) is 7.11 Å². The Bertz CT molecular complexity index is 285. The first-order chi connectivity index (χ1) is 6.69. The molecule has 0 radical (unpaired) electrons. The first kappa shape index (κ1) is 10.8. The van der Waals surface area contributed by atoms with E-state index in [1.807, 2.05) is 18.2 Å². The van der Waals surface area contributed by atoms with Gasteiger partial charge in [0.25, 0.3) is 0 Å². The molecule has 76 valence electrons. The number of allylic oxidation sites excluding steroid dienone is 1. The molecule has 0 unspecified atom stereocenters. The Morgan fingerprint density at radius 2 is 1.79 bits per heavy atom. The maximum Gasteiger partial charge on any atom is 0.118 e. The van der Waals surface area contributed by atoms with E-state index >= 15 is 0 Å². The van der Waals surface area contributed by atoms with Crippen LogP contribution < -0.4 is 4.74 Å². The fourth-order valence-corrected chi connectivity index (χ4v) is 1.62. The molecule has 0 aliphatic heterocycles. The third-order valence-electron chi connectivity index (χ3n) is 2.47. The Morgan fingerprint density at radius 3 is 2.14 bits per heavy atom. The van der Waals surface area contributed by atoms with E-state index in [1.165, 1.54) is 5.56 Å². The monoisotopic (exact) mass is 190 g/mol. The van der Waals surface area contributed by atoms with Gasteiger partial charge in [-0.15, -0.1) is 6.58 Å². The lowest BCUT2D eigenvalue weighted by Crippen LogP contribution is -2.02. The summed E-state index contributed by atoms with van der Waals surface area (Å²) in [6, 6.07) is 8.19. The summed E-state index contributed by atoms with van der Waals surface area (Å²) in [5, 5.41) is 0. The smallest absolute Gasteiger partial charge is 0.118 e. The van der Waals surface area contributed by atoms with Crippen LogP contribution >= 0.6 is 0 Å². The molecular formula is C13H18O. The van der Waals surface area contributed by atoms with Crippen LogP contribution in [0, 0.1) is 5.92 Å². The minimum absolute atomic E-state index is 0.431. The molecule has 0 heterocycles. The number of methoxy groups -OCH3 is 1. The molecule has 1 nitrogen and oxygen atoms in total. The van der Waals surface area contributed by atoms with Crippen molar-refractivity contribution in [2.24, 2.45) is 5.92 Å². The van der Waals surface area contributed by atoms with Crippen LogP contribution in [0.2, 0.25) is 0 Å². The number of rotatable bonds is 4. The third kappa shape index (κ3) is 2.38. The summed E-state index contributed by atoms with van der Waals surface area (Å²) in [5.74, 6) is 1.92. The largest absolute Gasteiger partial charge is 0.497 e. The highest BCUT2D eigenvalue weighted by molar-refractivity contribution is 5.31. The van der Waals surface area contributed by atoms with Crippen molar-refractivity contribution >= 4 is 0 Å². The minimum atomic E-state index is 0.431. The average Bonchev–Trinajstić information content (AvgIpc) is 2.19. The molecule has 1 atom stereocenters. The quantitative estimate of drug-likeness (QED) is 0.659. The molecule has 1 aromatic carbocycles. The predicted octanol–water partition coefficient (Wildman–Crippen LogP) is 3.62. The second kappa shape index (κ2) is 4.85. The zero-order valence-corrected chi connectivity index (χ0v) is 9.16. The van der Waals surface area contributed by atoms with Gasteiger partial charge in [0, 0.05) is 5.92 Å². The van der Waals surface area contributed by atoms with Gasteiger partial charge in [-0.2, -0.15) is 0 Å². The summed E-state index contributed by atoms with van der Waals surface area (Å²) in [5.41, 5.74) is 1.30. The fourth-order valence-electron chi connectivity index (χ4n) is 1.62. The molecule has 0 aliphatic rings. The molecule has 1 aromatic rings. The molecular weight excluding hydrogens is 172 g/mol. The maximum atomic E-state index is 5.12. The van der Waals surface area contributed by atoms with E-state index in [2.05, 4.69) is 32.6 Å². The van der Waals surface area contributed by atoms with E-state index in [-0.39, 0.29) is 0 Å². The van der Waals surface area contributed by atoms with Crippen molar-refractivity contribution in [2.75, 3.05) is 7.11 Å². The standard InChI is InChI=1S/C13H18O/c1-5-13(10(2)3)11-6-8-12(14-4)9-7-11/h5-10,13H,1H2,2-4H3/t13-/m0/s1. The van der Waals surface area contributed by atoms with Crippen LogP contribution in [-0.4, -0.2) is 7.11 Å². The van der Waals surface area contributed by atoms with Crippen LogP contribution in [0.3, 0.4) is 0 Å². The number of benzene rings is 1. The highest BCUT2D eigenvalue weighted by Gasteiger charge is 2.11. The van der Waals surface area contributed by atoms with Crippen LogP contribution in [0.1, 0.15) is 25.3 Å². The van der Waals surface area contributed by atoms with Crippen molar-refractivity contribution in [3.63, 3.8) is 0 Å². The third-order valence-corrected chi connectivity index (χ3v) is 2.47. The summed E-state index contributed by atoms with van der Waals surface area (Å²) in [6.07, 6.45) is 2.01. The van der Waals surface area contributed by atoms with Gasteiger partial charge in [-0.3, -0.25) is 0 Å². The van der Waals surface area contributed by atoms with Gasteiger partial charge in [0.1, 0.15) is 5.75 Å². The molecule has 0 bridgehead atoms. The van der Waals surface area contributed by atoms with Crippen LogP contribution in [0.4, 0.5) is 0 Å². The van der Waals surface area contributed by atoms with E-state index in [4.69, 9.17) is 4.74 Å². The van der Waals surface area contributed by atoms with Gasteiger partial charge in [0.2, 0.25) is 0 Å². The van der Waals surface area contributed by atoms with Crippen molar-refractivity contribution < 1.29 is 4.74 Å². The lowest BCUT2D eigenvalue weighted by Gasteiger charge is -2.17. The molecule has 0 saturated carbocycles. The Kier molecular flexibility index (Phi) is 3.75. The number of ether oxygens (including phenoxy) is 1. The van der Waals surface area contributed by atoms with Crippen molar-refractivity contribution in [3.8, 4) is 5.75 Å². The molecule has 0 aromatic heterocycles. The van der Waals surface area contributed by atoms with Gasteiger partial charge < -0.3 is 4.74 Å². The van der Waals surface area contributed by atoms with Crippen molar-refractivity contribution in [1.82, 2.24) is 0 Å². The lowest BCUT2D eigenvalue weighted by atomic mass is 9.89. The van der Waals surface area contributed by atoms with Crippen molar-refractivity contribution in [2.45, 2.75) is 19.8 Å². The zero-order valence-electron chi connectivity index (χ0n) is 9.16. The van der Waals surface area contributed by atoms with Gasteiger partial charge >= 0.3 is 0 Å². The van der Waals surface area contributed by atoms with E-state index in [9.17, 15) is 0 Å². The SMILES string of the molecule is C=C[C@H](c1ccc(OC)cc1)C(C)C. The molecule has 1 rings (SSSR count). The van der Waals surface area contributed by atoms with Gasteiger partial charge in [-0.05, 0) is 23.6 Å². The molecule has 0 amide bonds.